The van der Waals surface area contributed by atoms with Gasteiger partial charge in [-0.15, -0.1) is 0 Å². The van der Waals surface area contributed by atoms with E-state index in [-0.39, 0.29) is 7.43 Å². The normalized spacial score (nSPS) is 9.38. The molecule has 1 rings (SSSR count). The zero-order valence-electron chi connectivity index (χ0n) is 6.89. The molecule has 0 aliphatic heterocycles. The second-order valence-electron chi connectivity index (χ2n) is 2.69. The van der Waals surface area contributed by atoms with Gasteiger partial charge in [-0.05, 0) is 24.0 Å². The molecule has 0 atom stereocenters. The van der Waals surface area contributed by atoms with E-state index in [4.69, 9.17) is 0 Å². The maximum atomic E-state index is 3.43. The third kappa shape index (κ3) is 4.82. The molecular weight excluding hydrogens is 292 g/mol. The van der Waals surface area contributed by atoms with Crippen LogP contribution in [0.5, 0.6) is 0 Å². The van der Waals surface area contributed by atoms with Crippen molar-refractivity contribution in [3.8, 4) is 0 Å². The van der Waals surface area contributed by atoms with Gasteiger partial charge in [0.1, 0.15) is 0 Å². The first-order valence-corrected chi connectivity index (χ1v) is 6.31. The van der Waals surface area contributed by atoms with Gasteiger partial charge in [0.2, 0.25) is 0 Å². The highest BCUT2D eigenvalue weighted by atomic mass is 79.9. The average molecular weight is 308 g/mol. The Morgan fingerprint density at radius 2 is 1.08 bits per heavy atom. The van der Waals surface area contributed by atoms with Gasteiger partial charge < -0.3 is 0 Å². The summed E-state index contributed by atoms with van der Waals surface area (Å²) >= 11 is 6.86. The minimum atomic E-state index is 0. The Hall–Kier alpha value is 0.180. The Morgan fingerprint density at radius 1 is 0.769 bits per heavy atom. The van der Waals surface area contributed by atoms with Gasteiger partial charge in [0.15, 0.2) is 0 Å². The van der Waals surface area contributed by atoms with Gasteiger partial charge in [0.25, 0.3) is 0 Å². The van der Waals surface area contributed by atoms with Gasteiger partial charge in [0.05, 0.1) is 0 Å². The smallest absolute Gasteiger partial charge is 0.00718 e. The number of aryl methyl sites for hydroxylation is 2. The summed E-state index contributed by atoms with van der Waals surface area (Å²) in [6, 6.07) is 8.83. The molecule has 74 valence electrons. The van der Waals surface area contributed by atoms with Gasteiger partial charge >= 0.3 is 0 Å². The lowest BCUT2D eigenvalue weighted by molar-refractivity contribution is 1.13. The van der Waals surface area contributed by atoms with E-state index in [0.29, 0.717) is 0 Å². The molecule has 0 spiro atoms. The van der Waals surface area contributed by atoms with Crippen LogP contribution in [0.4, 0.5) is 0 Å². The van der Waals surface area contributed by atoms with Crippen molar-refractivity contribution in [3.63, 3.8) is 0 Å². The van der Waals surface area contributed by atoms with Gasteiger partial charge in [-0.2, -0.15) is 0 Å². The lowest BCUT2D eigenvalue weighted by atomic mass is 10.1. The van der Waals surface area contributed by atoms with Crippen LogP contribution in [0.25, 0.3) is 0 Å². The van der Waals surface area contributed by atoms with Crippen molar-refractivity contribution in [1.29, 1.82) is 0 Å². The lowest BCUT2D eigenvalue weighted by Crippen LogP contribution is -1.88. The fourth-order valence-corrected chi connectivity index (χ4v) is 2.01. The predicted molar refractivity (Wildman–Crippen MR) is 68.2 cm³/mol. The molecule has 0 saturated carbocycles. The number of alkyl halides is 2. The summed E-state index contributed by atoms with van der Waals surface area (Å²) in [5.74, 6) is 0. The molecule has 1 aromatic rings. The Kier molecular flexibility index (Phi) is 7.68. The molecule has 2 heteroatoms. The number of rotatable bonds is 4. The van der Waals surface area contributed by atoms with Crippen molar-refractivity contribution in [1.82, 2.24) is 0 Å². The summed E-state index contributed by atoms with van der Waals surface area (Å²) in [5.41, 5.74) is 2.82. The van der Waals surface area contributed by atoms with Gasteiger partial charge in [0, 0.05) is 10.7 Å². The number of benzene rings is 1. The Bertz CT molecular complexity index is 191. The zero-order chi connectivity index (χ0) is 8.81. The van der Waals surface area contributed by atoms with E-state index in [1.54, 1.807) is 0 Å². The molecule has 1 aromatic carbocycles. The molecule has 0 nitrogen and oxygen atoms in total. The summed E-state index contributed by atoms with van der Waals surface area (Å²) in [5, 5.41) is 2.09. The van der Waals surface area contributed by atoms with E-state index >= 15 is 0 Å². The summed E-state index contributed by atoms with van der Waals surface area (Å²) in [4.78, 5) is 0. The van der Waals surface area contributed by atoms with Crippen LogP contribution in [-0.4, -0.2) is 10.7 Å². The van der Waals surface area contributed by atoms with E-state index in [9.17, 15) is 0 Å². The van der Waals surface area contributed by atoms with E-state index in [1.165, 1.54) is 11.1 Å². The highest BCUT2D eigenvalue weighted by molar-refractivity contribution is 9.09. The summed E-state index contributed by atoms with van der Waals surface area (Å²) < 4.78 is 0. The first kappa shape index (κ1) is 13.2. The molecule has 0 saturated heterocycles. The van der Waals surface area contributed by atoms with Crippen molar-refractivity contribution in [2.45, 2.75) is 20.3 Å². The SMILES string of the molecule is BrCCc1ccc(CCBr)cc1.C. The molecule has 0 heterocycles. The molecule has 0 N–H and O–H groups in total. The Labute approximate surface area is 98.0 Å². The Morgan fingerprint density at radius 3 is 1.31 bits per heavy atom. The van der Waals surface area contributed by atoms with Crippen molar-refractivity contribution < 1.29 is 0 Å². The molecule has 0 unspecified atom stereocenters. The van der Waals surface area contributed by atoms with E-state index < -0.39 is 0 Å². The maximum absolute atomic E-state index is 3.43. The fraction of sp³-hybridized carbons (Fsp3) is 0.455. The van der Waals surface area contributed by atoms with E-state index in [2.05, 4.69) is 56.1 Å². The van der Waals surface area contributed by atoms with Crippen LogP contribution in [0.15, 0.2) is 24.3 Å². The lowest BCUT2D eigenvalue weighted by Gasteiger charge is -2.00. The average Bonchev–Trinajstić information content (AvgIpc) is 2.09. The van der Waals surface area contributed by atoms with Gasteiger partial charge in [-0.3, -0.25) is 0 Å². The molecule has 0 radical (unpaired) electrons. The summed E-state index contributed by atoms with van der Waals surface area (Å²) in [6.07, 6.45) is 2.24. The Balaban J connectivity index is 0.00000144. The van der Waals surface area contributed by atoms with Crippen molar-refractivity contribution in [2.75, 3.05) is 10.7 Å². The quantitative estimate of drug-likeness (QED) is 0.731. The predicted octanol–water partition coefficient (Wildman–Crippen LogP) is 4.20. The minimum Gasteiger partial charge on any atom is -0.0924 e. The largest absolute Gasteiger partial charge is 0.0924 e. The summed E-state index contributed by atoms with van der Waals surface area (Å²) in [7, 11) is 0. The summed E-state index contributed by atoms with van der Waals surface area (Å²) in [6.45, 7) is 0. The third-order valence-corrected chi connectivity index (χ3v) is 2.58. The third-order valence-electron chi connectivity index (χ3n) is 1.79. The maximum Gasteiger partial charge on any atom is 0.00718 e. The first-order valence-electron chi connectivity index (χ1n) is 4.06. The van der Waals surface area contributed by atoms with Crippen LogP contribution in [-0.2, 0) is 12.8 Å². The van der Waals surface area contributed by atoms with Crippen LogP contribution < -0.4 is 0 Å². The van der Waals surface area contributed by atoms with E-state index in [1.807, 2.05) is 0 Å². The topological polar surface area (TPSA) is 0 Å². The van der Waals surface area contributed by atoms with Gasteiger partial charge in [-0.1, -0.05) is 63.6 Å². The van der Waals surface area contributed by atoms with Crippen LogP contribution in [0.2, 0.25) is 0 Å². The molecule has 0 aromatic heterocycles. The van der Waals surface area contributed by atoms with Crippen molar-refractivity contribution >= 4 is 31.9 Å². The standard InChI is InChI=1S/C10H12Br2.CH4/c11-7-5-9-1-2-10(4-3-9)6-8-12;/h1-4H,5-8H2;1H4. The van der Waals surface area contributed by atoms with Crippen LogP contribution in [0.1, 0.15) is 18.6 Å². The molecule has 0 aliphatic carbocycles. The molecule has 0 amide bonds. The first-order chi connectivity index (χ1) is 5.86. The minimum absolute atomic E-state index is 0. The fourth-order valence-electron chi connectivity index (χ4n) is 1.09. The van der Waals surface area contributed by atoms with Crippen LogP contribution >= 0.6 is 31.9 Å². The molecule has 13 heavy (non-hydrogen) atoms. The number of halogens is 2. The van der Waals surface area contributed by atoms with Crippen LogP contribution in [0.3, 0.4) is 0 Å². The second-order valence-corrected chi connectivity index (χ2v) is 4.28. The monoisotopic (exact) mass is 306 g/mol. The molecule has 0 aliphatic rings. The number of hydrogen-bond donors (Lipinski definition) is 0. The van der Waals surface area contributed by atoms with Gasteiger partial charge in [-0.25, -0.2) is 0 Å². The molecular formula is C11H16Br2. The van der Waals surface area contributed by atoms with E-state index in [0.717, 1.165) is 23.5 Å². The van der Waals surface area contributed by atoms with Crippen molar-refractivity contribution in [2.24, 2.45) is 0 Å². The van der Waals surface area contributed by atoms with Crippen molar-refractivity contribution in [3.05, 3.63) is 35.4 Å². The number of hydrogen-bond acceptors (Lipinski definition) is 0. The molecule has 0 fully saturated rings. The second kappa shape index (κ2) is 7.57. The molecule has 0 bridgehead atoms. The van der Waals surface area contributed by atoms with Crippen LogP contribution in [0, 0.1) is 0 Å². The zero-order valence-corrected chi connectivity index (χ0v) is 10.1. The highest BCUT2D eigenvalue weighted by Crippen LogP contribution is 2.07. The highest BCUT2D eigenvalue weighted by Gasteiger charge is 1.93.